The van der Waals surface area contributed by atoms with E-state index in [4.69, 9.17) is 17.3 Å². The van der Waals surface area contributed by atoms with Crippen LogP contribution in [-0.2, 0) is 0 Å². The van der Waals surface area contributed by atoms with Gasteiger partial charge >= 0.3 is 0 Å². The Labute approximate surface area is 144 Å². The third-order valence-corrected chi connectivity index (χ3v) is 5.12. The van der Waals surface area contributed by atoms with Crippen LogP contribution in [0, 0.1) is 3.57 Å². The van der Waals surface area contributed by atoms with Crippen molar-refractivity contribution in [3.05, 3.63) is 55.9 Å². The number of nitrogens with one attached hydrogen (secondary N) is 1. The number of fused-ring (bicyclic) bond motifs is 1. The number of hydrogen-bond acceptors (Lipinski definition) is 3. The first-order chi connectivity index (χ1) is 10.0. The van der Waals surface area contributed by atoms with Gasteiger partial charge in [-0.05, 0) is 65.1 Å². The number of thiophene rings is 1. The molecule has 3 N–H and O–H groups in total. The Morgan fingerprint density at radius 3 is 2.62 bits per heavy atom. The maximum Gasteiger partial charge on any atom is 0.267 e. The Morgan fingerprint density at radius 2 is 1.90 bits per heavy atom. The molecule has 2 aromatic carbocycles. The topological polar surface area (TPSA) is 55.1 Å². The maximum atomic E-state index is 12.4. The number of nitrogens with two attached hydrogens (primary N) is 1. The van der Waals surface area contributed by atoms with Crippen LogP contribution in [0.25, 0.3) is 10.1 Å². The van der Waals surface area contributed by atoms with Crippen molar-refractivity contribution in [1.29, 1.82) is 0 Å². The summed E-state index contributed by atoms with van der Waals surface area (Å²) in [5.41, 5.74) is 7.31. The number of carbonyl (C=O) groups excluding carboxylic acids is 1. The molecule has 0 spiro atoms. The van der Waals surface area contributed by atoms with Gasteiger partial charge in [0, 0.05) is 24.4 Å². The van der Waals surface area contributed by atoms with Crippen LogP contribution in [0.5, 0.6) is 0 Å². The first kappa shape index (κ1) is 14.6. The van der Waals surface area contributed by atoms with Crippen LogP contribution in [0.2, 0.25) is 5.02 Å². The zero-order valence-corrected chi connectivity index (χ0v) is 14.4. The Hall–Kier alpha value is -1.31. The van der Waals surface area contributed by atoms with Gasteiger partial charge in [0.2, 0.25) is 0 Å². The number of hydrogen-bond donors (Lipinski definition) is 2. The molecule has 0 aliphatic heterocycles. The van der Waals surface area contributed by atoms with E-state index >= 15 is 0 Å². The van der Waals surface area contributed by atoms with Crippen molar-refractivity contribution in [3.63, 3.8) is 0 Å². The minimum atomic E-state index is -0.203. The summed E-state index contributed by atoms with van der Waals surface area (Å²) in [6.07, 6.45) is 0. The van der Waals surface area contributed by atoms with Gasteiger partial charge in [-0.2, -0.15) is 0 Å². The van der Waals surface area contributed by atoms with E-state index in [0.29, 0.717) is 15.6 Å². The zero-order chi connectivity index (χ0) is 15.0. The van der Waals surface area contributed by atoms with Crippen LogP contribution in [0.4, 0.5) is 11.4 Å². The number of anilines is 2. The molecule has 0 saturated carbocycles. The minimum absolute atomic E-state index is 0.203. The number of rotatable bonds is 2. The van der Waals surface area contributed by atoms with Crippen molar-refractivity contribution in [1.82, 2.24) is 0 Å². The number of benzene rings is 2. The first-order valence-electron chi connectivity index (χ1n) is 6.09. The Balaban J connectivity index is 1.94. The lowest BCUT2D eigenvalue weighted by molar-refractivity contribution is 0.103. The third-order valence-electron chi connectivity index (χ3n) is 3.00. The molecule has 0 bridgehead atoms. The van der Waals surface area contributed by atoms with Crippen LogP contribution in [0.1, 0.15) is 9.67 Å². The smallest absolute Gasteiger partial charge is 0.267 e. The average molecular weight is 429 g/mol. The van der Waals surface area contributed by atoms with Gasteiger partial charge in [0.1, 0.15) is 4.88 Å². The monoisotopic (exact) mass is 428 g/mol. The van der Waals surface area contributed by atoms with Gasteiger partial charge in [-0.25, -0.2) is 0 Å². The largest absolute Gasteiger partial charge is 0.397 e. The molecule has 21 heavy (non-hydrogen) atoms. The molecule has 3 rings (SSSR count). The molecule has 1 heterocycles. The van der Waals surface area contributed by atoms with Crippen LogP contribution >= 0.6 is 45.5 Å². The van der Waals surface area contributed by atoms with E-state index in [1.807, 2.05) is 36.4 Å². The molecule has 0 radical (unpaired) electrons. The van der Waals surface area contributed by atoms with Crippen molar-refractivity contribution in [3.8, 4) is 0 Å². The average Bonchev–Trinajstić information content (AvgIpc) is 2.78. The number of amides is 1. The molecule has 0 unspecified atom stereocenters. The predicted molar refractivity (Wildman–Crippen MR) is 98.4 cm³/mol. The molecule has 106 valence electrons. The van der Waals surface area contributed by atoms with E-state index in [1.54, 1.807) is 6.07 Å². The lowest BCUT2D eigenvalue weighted by Gasteiger charge is -2.04. The standard InChI is InChI=1S/C15H10ClIN2OS/c16-8-1-6-11-12(7-8)21-14(13(11)18)15(20)19-10-4-2-9(17)3-5-10/h1-7H,18H2,(H,19,20). The van der Waals surface area contributed by atoms with Crippen molar-refractivity contribution in [2.75, 3.05) is 11.1 Å². The van der Waals surface area contributed by atoms with Gasteiger partial charge in [0.25, 0.3) is 5.91 Å². The molecule has 0 fully saturated rings. The Bertz CT molecular complexity index is 830. The summed E-state index contributed by atoms with van der Waals surface area (Å²) in [6.45, 7) is 0. The highest BCUT2D eigenvalue weighted by Crippen LogP contribution is 2.35. The van der Waals surface area contributed by atoms with Crippen LogP contribution in [0.3, 0.4) is 0 Å². The van der Waals surface area contributed by atoms with Crippen LogP contribution < -0.4 is 11.1 Å². The molecular formula is C15H10ClIN2OS. The predicted octanol–water partition coefficient (Wildman–Crippen LogP) is 4.99. The summed E-state index contributed by atoms with van der Waals surface area (Å²) >= 11 is 9.53. The van der Waals surface area contributed by atoms with Crippen LogP contribution in [-0.4, -0.2) is 5.91 Å². The molecule has 0 saturated heterocycles. The van der Waals surface area contributed by atoms with E-state index in [0.717, 1.165) is 19.3 Å². The zero-order valence-electron chi connectivity index (χ0n) is 10.7. The fourth-order valence-electron chi connectivity index (χ4n) is 1.98. The summed E-state index contributed by atoms with van der Waals surface area (Å²) in [5.74, 6) is -0.203. The van der Waals surface area contributed by atoms with Crippen molar-refractivity contribution in [2.45, 2.75) is 0 Å². The highest BCUT2D eigenvalue weighted by atomic mass is 127. The normalized spacial score (nSPS) is 10.8. The highest BCUT2D eigenvalue weighted by Gasteiger charge is 2.16. The minimum Gasteiger partial charge on any atom is -0.397 e. The van der Waals surface area contributed by atoms with E-state index in [-0.39, 0.29) is 5.91 Å². The second-order valence-corrected chi connectivity index (χ2v) is 7.18. The van der Waals surface area contributed by atoms with Gasteiger partial charge in [0.15, 0.2) is 0 Å². The molecule has 1 aromatic heterocycles. The van der Waals surface area contributed by atoms with Gasteiger partial charge in [-0.3, -0.25) is 4.79 Å². The van der Waals surface area contributed by atoms with Gasteiger partial charge in [-0.1, -0.05) is 11.6 Å². The first-order valence-corrected chi connectivity index (χ1v) is 8.36. The van der Waals surface area contributed by atoms with E-state index < -0.39 is 0 Å². The fourth-order valence-corrected chi connectivity index (χ4v) is 3.63. The summed E-state index contributed by atoms with van der Waals surface area (Å²) in [5, 5.41) is 4.35. The molecule has 1 amide bonds. The molecule has 0 aliphatic rings. The van der Waals surface area contributed by atoms with Crippen molar-refractivity contribution in [2.24, 2.45) is 0 Å². The van der Waals surface area contributed by atoms with Gasteiger partial charge < -0.3 is 11.1 Å². The molecule has 6 heteroatoms. The quantitative estimate of drug-likeness (QED) is 0.565. The Kier molecular flexibility index (Phi) is 4.05. The third kappa shape index (κ3) is 3.00. The SMILES string of the molecule is Nc1c(C(=O)Nc2ccc(I)cc2)sc2cc(Cl)ccc12. The Morgan fingerprint density at radius 1 is 1.19 bits per heavy atom. The molecule has 0 atom stereocenters. The van der Waals surface area contributed by atoms with E-state index in [1.165, 1.54) is 11.3 Å². The van der Waals surface area contributed by atoms with Gasteiger partial charge in [-0.15, -0.1) is 11.3 Å². The lowest BCUT2D eigenvalue weighted by atomic mass is 10.2. The number of nitrogen functional groups attached to an aromatic ring is 1. The highest BCUT2D eigenvalue weighted by molar-refractivity contribution is 14.1. The summed E-state index contributed by atoms with van der Waals surface area (Å²) < 4.78 is 2.02. The molecule has 3 nitrogen and oxygen atoms in total. The second kappa shape index (κ2) is 5.82. The molecular weight excluding hydrogens is 419 g/mol. The second-order valence-electron chi connectivity index (χ2n) is 4.45. The van der Waals surface area contributed by atoms with Crippen molar-refractivity contribution >= 4 is 72.9 Å². The summed E-state index contributed by atoms with van der Waals surface area (Å²) in [7, 11) is 0. The van der Waals surface area contributed by atoms with Gasteiger partial charge in [0.05, 0.1) is 5.69 Å². The summed E-state index contributed by atoms with van der Waals surface area (Å²) in [4.78, 5) is 12.9. The van der Waals surface area contributed by atoms with E-state index in [9.17, 15) is 4.79 Å². The maximum absolute atomic E-state index is 12.4. The fraction of sp³-hybridized carbons (Fsp3) is 0. The van der Waals surface area contributed by atoms with Crippen molar-refractivity contribution < 1.29 is 4.79 Å². The number of carbonyl (C=O) groups is 1. The summed E-state index contributed by atoms with van der Waals surface area (Å²) in [6, 6.07) is 13.0. The number of halogens is 2. The van der Waals surface area contributed by atoms with E-state index in [2.05, 4.69) is 27.9 Å². The lowest BCUT2D eigenvalue weighted by Crippen LogP contribution is -2.11. The molecule has 0 aliphatic carbocycles. The van der Waals surface area contributed by atoms with Crippen LogP contribution in [0.15, 0.2) is 42.5 Å². The molecule has 3 aromatic rings.